The van der Waals surface area contributed by atoms with Crippen molar-refractivity contribution >= 4 is 16.6 Å². The predicted octanol–water partition coefficient (Wildman–Crippen LogP) is -0.474. The Balaban J connectivity index is 3.46. The van der Waals surface area contributed by atoms with E-state index in [2.05, 4.69) is 8.92 Å². The molecule has 0 aliphatic rings. The summed E-state index contributed by atoms with van der Waals surface area (Å²) < 4.78 is 29.8. The molecule has 0 aliphatic carbocycles. The fraction of sp³-hybridized carbons (Fsp3) is 0.800. The van der Waals surface area contributed by atoms with Crippen LogP contribution in [0.2, 0.25) is 0 Å². The molecule has 5 nitrogen and oxygen atoms in total. The Morgan fingerprint density at radius 1 is 1.36 bits per heavy atom. The quantitative estimate of drug-likeness (QED) is 0.315. The fourth-order valence-corrected chi connectivity index (χ4v) is 0.829. The number of hydrogen-bond acceptors (Lipinski definition) is 5. The molecule has 6 heteroatoms. The van der Waals surface area contributed by atoms with Crippen LogP contribution < -0.4 is 0 Å². The van der Waals surface area contributed by atoms with Crippen molar-refractivity contribution in [2.45, 2.75) is 6.92 Å². The molecule has 0 aromatic rings. The first-order chi connectivity index (χ1) is 5.12. The van der Waals surface area contributed by atoms with Crippen LogP contribution in [0.25, 0.3) is 0 Å². The maximum Gasteiger partial charge on any atom is 0.293 e. The lowest BCUT2D eigenvalue weighted by atomic mass is 10.8. The van der Waals surface area contributed by atoms with E-state index in [0.29, 0.717) is 0 Å². The zero-order valence-corrected chi connectivity index (χ0v) is 6.96. The summed E-state index contributed by atoms with van der Waals surface area (Å²) in [6.45, 7) is 1.55. The number of carbonyl (C=O) groups excluding carboxylic acids is 1. The largest absolute Gasteiger partial charge is 0.465 e. The summed E-state index contributed by atoms with van der Waals surface area (Å²) in [5.74, 6) is -0.0753. The maximum absolute atomic E-state index is 10.6. The molecule has 0 bridgehead atoms. The van der Waals surface area contributed by atoms with Crippen LogP contribution in [-0.2, 0) is 23.8 Å². The summed E-state index contributed by atoms with van der Waals surface area (Å²) in [7, 11) is -3.40. The molecule has 0 amide bonds. The molecule has 0 aliphatic heterocycles. The maximum atomic E-state index is 10.6. The highest BCUT2D eigenvalue weighted by Gasteiger charge is 2.05. The zero-order valence-electron chi connectivity index (χ0n) is 6.15. The van der Waals surface area contributed by atoms with Crippen LogP contribution in [-0.4, -0.2) is 33.9 Å². The fourth-order valence-electron chi connectivity index (χ4n) is 0.341. The van der Waals surface area contributed by atoms with E-state index < -0.39 is 10.1 Å². The second kappa shape index (κ2) is 5.09. The minimum Gasteiger partial charge on any atom is -0.465 e. The molecule has 66 valence electrons. The molecule has 0 fully saturated rings. The number of ether oxygens (including phenoxy) is 1. The highest BCUT2D eigenvalue weighted by Crippen LogP contribution is 1.90. The Morgan fingerprint density at radius 2 is 2.00 bits per heavy atom. The van der Waals surface area contributed by atoms with E-state index in [9.17, 15) is 13.2 Å². The van der Waals surface area contributed by atoms with E-state index in [1.165, 1.54) is 6.92 Å². The molecule has 0 saturated heterocycles. The molecule has 0 rings (SSSR count). The summed E-state index contributed by atoms with van der Waals surface area (Å²) in [5, 5.41) is 0. The Labute approximate surface area is 65.4 Å². The van der Waals surface area contributed by atoms with Gasteiger partial charge in [0.25, 0.3) is 16.6 Å². The molecule has 0 aromatic heterocycles. The summed E-state index contributed by atoms with van der Waals surface area (Å²) in [4.78, 5) is 9.57. The number of rotatable bonds is 6. The molecule has 0 radical (unpaired) electrons. The van der Waals surface area contributed by atoms with Crippen LogP contribution in [0.3, 0.4) is 0 Å². The van der Waals surface area contributed by atoms with Gasteiger partial charge in [-0.3, -0.25) is 8.98 Å². The number of carbonyl (C=O) groups is 1. The highest BCUT2D eigenvalue weighted by molar-refractivity contribution is 7.86. The first-order valence-electron chi connectivity index (χ1n) is 3.04. The first-order valence-corrected chi connectivity index (χ1v) is 4.62. The lowest BCUT2D eigenvalue weighted by Gasteiger charge is -2.00. The van der Waals surface area contributed by atoms with E-state index in [1.54, 1.807) is 0 Å². The van der Waals surface area contributed by atoms with Crippen molar-refractivity contribution in [2.24, 2.45) is 0 Å². The summed E-state index contributed by atoms with van der Waals surface area (Å²) in [6, 6.07) is 0. The van der Waals surface area contributed by atoms with Crippen LogP contribution in [0.5, 0.6) is 0 Å². The third-order valence-corrected chi connectivity index (χ3v) is 2.12. The predicted molar refractivity (Wildman–Crippen MR) is 37.4 cm³/mol. The van der Waals surface area contributed by atoms with E-state index in [-0.39, 0.29) is 25.4 Å². The molecule has 0 spiro atoms. The summed E-state index contributed by atoms with van der Waals surface area (Å²) in [5.41, 5.74) is 0. The van der Waals surface area contributed by atoms with E-state index in [0.717, 1.165) is 0 Å². The molecular weight excluding hydrogens is 172 g/mol. The van der Waals surface area contributed by atoms with Gasteiger partial charge in [0.2, 0.25) is 0 Å². The second-order valence-corrected chi connectivity index (χ2v) is 3.56. The minimum absolute atomic E-state index is 0.0390. The molecule has 0 heterocycles. The molecule has 0 N–H and O–H groups in total. The van der Waals surface area contributed by atoms with Gasteiger partial charge in [0.05, 0.1) is 5.75 Å². The van der Waals surface area contributed by atoms with Gasteiger partial charge in [0.1, 0.15) is 13.2 Å². The molecule has 0 saturated carbocycles. The van der Waals surface area contributed by atoms with E-state index in [4.69, 9.17) is 0 Å². The average Bonchev–Trinajstić information content (AvgIpc) is 1.99. The average molecular weight is 182 g/mol. The first kappa shape index (κ1) is 10.4. The second-order valence-electron chi connectivity index (χ2n) is 1.64. The van der Waals surface area contributed by atoms with Gasteiger partial charge in [0.15, 0.2) is 0 Å². The number of hydrogen-bond donors (Lipinski definition) is 0. The van der Waals surface area contributed by atoms with Gasteiger partial charge in [-0.1, -0.05) is 0 Å². The van der Waals surface area contributed by atoms with Crippen molar-refractivity contribution in [3.05, 3.63) is 0 Å². The van der Waals surface area contributed by atoms with Crippen molar-refractivity contribution in [3.8, 4) is 0 Å². The van der Waals surface area contributed by atoms with Gasteiger partial charge in [0, 0.05) is 0 Å². The van der Waals surface area contributed by atoms with Gasteiger partial charge in [-0.05, 0) is 6.92 Å². The smallest absolute Gasteiger partial charge is 0.293 e. The normalized spacial score (nSPS) is 11.0. The van der Waals surface area contributed by atoms with Gasteiger partial charge in [-0.15, -0.1) is 0 Å². The third kappa shape index (κ3) is 5.81. The van der Waals surface area contributed by atoms with Gasteiger partial charge < -0.3 is 4.74 Å². The van der Waals surface area contributed by atoms with Gasteiger partial charge >= 0.3 is 0 Å². The Kier molecular flexibility index (Phi) is 4.80. The molecule has 0 aromatic carbocycles. The Morgan fingerprint density at radius 3 is 2.45 bits per heavy atom. The van der Waals surface area contributed by atoms with Crippen LogP contribution in [0.4, 0.5) is 0 Å². The lowest BCUT2D eigenvalue weighted by Crippen LogP contribution is -2.12. The van der Waals surface area contributed by atoms with E-state index >= 15 is 0 Å². The standard InChI is InChI=1S/C5H10O5S/c1-2-11(7,8)10-4-3-9-5-6/h5H,2-4H2,1H3. The molecule has 0 atom stereocenters. The van der Waals surface area contributed by atoms with Crippen LogP contribution >= 0.6 is 0 Å². The summed E-state index contributed by atoms with van der Waals surface area (Å²) >= 11 is 0. The zero-order chi connectivity index (χ0) is 8.74. The topological polar surface area (TPSA) is 69.7 Å². The van der Waals surface area contributed by atoms with Crippen molar-refractivity contribution in [1.29, 1.82) is 0 Å². The van der Waals surface area contributed by atoms with Crippen molar-refractivity contribution in [2.75, 3.05) is 19.0 Å². The minimum atomic E-state index is -3.40. The SMILES string of the molecule is CCS(=O)(=O)OCCOC=O. The molecule has 11 heavy (non-hydrogen) atoms. The van der Waals surface area contributed by atoms with Gasteiger partial charge in [-0.25, -0.2) is 0 Å². The molecular formula is C5H10O5S. The molecule has 0 unspecified atom stereocenters. The van der Waals surface area contributed by atoms with Crippen LogP contribution in [0, 0.1) is 0 Å². The Hall–Kier alpha value is -0.620. The monoisotopic (exact) mass is 182 g/mol. The van der Waals surface area contributed by atoms with E-state index in [1.807, 2.05) is 0 Å². The van der Waals surface area contributed by atoms with Crippen molar-refractivity contribution in [3.63, 3.8) is 0 Å². The van der Waals surface area contributed by atoms with Crippen LogP contribution in [0.15, 0.2) is 0 Å². The summed E-state index contributed by atoms with van der Waals surface area (Å²) in [6.07, 6.45) is 0. The lowest BCUT2D eigenvalue weighted by molar-refractivity contribution is -0.129. The Bertz CT molecular complexity index is 195. The van der Waals surface area contributed by atoms with Crippen molar-refractivity contribution in [1.82, 2.24) is 0 Å². The van der Waals surface area contributed by atoms with Crippen LogP contribution in [0.1, 0.15) is 6.92 Å². The third-order valence-electron chi connectivity index (χ3n) is 0.886. The van der Waals surface area contributed by atoms with Gasteiger partial charge in [-0.2, -0.15) is 8.42 Å². The highest BCUT2D eigenvalue weighted by atomic mass is 32.2. The van der Waals surface area contributed by atoms with Crippen molar-refractivity contribution < 1.29 is 22.1 Å².